The highest BCUT2D eigenvalue weighted by atomic mass is 14.3. The molecule has 0 radical (unpaired) electrons. The molecule has 0 heterocycles. The standard InChI is InChI=1S/C45H27N/c46-28-29-18-20-30(21-19-29)31-22-24-32(25-23-31)35-26-27-40-43-36(35)16-9-17-39(43)44-41(33-10-3-1-4-11-33)37-14-7-8-15-38(37)42(45(40)44)34-12-5-2-6-13-34/h1-27H. The smallest absolute Gasteiger partial charge is 0.0991 e. The summed E-state index contributed by atoms with van der Waals surface area (Å²) in [5.41, 5.74) is 15.6. The van der Waals surface area contributed by atoms with Gasteiger partial charge >= 0.3 is 0 Å². The summed E-state index contributed by atoms with van der Waals surface area (Å²) < 4.78 is 0. The van der Waals surface area contributed by atoms with Crippen molar-refractivity contribution in [3.05, 3.63) is 169 Å². The van der Waals surface area contributed by atoms with E-state index in [0.29, 0.717) is 5.56 Å². The van der Waals surface area contributed by atoms with Gasteiger partial charge in [-0.1, -0.05) is 152 Å². The van der Waals surface area contributed by atoms with Crippen LogP contribution in [0.25, 0.3) is 88.3 Å². The molecule has 212 valence electrons. The molecule has 0 saturated carbocycles. The summed E-state index contributed by atoms with van der Waals surface area (Å²) in [5, 5.41) is 14.3. The highest BCUT2D eigenvalue weighted by Gasteiger charge is 2.31. The van der Waals surface area contributed by atoms with Gasteiger partial charge in [-0.3, -0.25) is 0 Å². The molecule has 0 amide bonds. The van der Waals surface area contributed by atoms with Crippen LogP contribution in [0.2, 0.25) is 0 Å². The molecule has 1 heteroatoms. The summed E-state index contributed by atoms with van der Waals surface area (Å²) in [6.45, 7) is 0. The van der Waals surface area contributed by atoms with Crippen LogP contribution in [0.15, 0.2) is 164 Å². The molecule has 0 spiro atoms. The fraction of sp³-hybridized carbons (Fsp3) is 0. The Morgan fingerprint density at radius 2 is 0.761 bits per heavy atom. The molecule has 8 aromatic rings. The Morgan fingerprint density at radius 1 is 0.304 bits per heavy atom. The third-order valence-electron chi connectivity index (χ3n) is 9.46. The van der Waals surface area contributed by atoms with Gasteiger partial charge in [-0.25, -0.2) is 0 Å². The molecule has 1 nitrogen and oxygen atoms in total. The van der Waals surface area contributed by atoms with E-state index in [0.717, 1.165) is 11.1 Å². The second-order valence-electron chi connectivity index (χ2n) is 11.9. The molecule has 1 aliphatic carbocycles. The summed E-state index contributed by atoms with van der Waals surface area (Å²) in [6, 6.07) is 60.9. The number of benzene rings is 8. The van der Waals surface area contributed by atoms with E-state index in [2.05, 4.69) is 146 Å². The number of rotatable bonds is 4. The van der Waals surface area contributed by atoms with E-state index in [-0.39, 0.29) is 0 Å². The fourth-order valence-electron chi connectivity index (χ4n) is 7.44. The van der Waals surface area contributed by atoms with Gasteiger partial charge in [-0.2, -0.15) is 5.26 Å². The minimum absolute atomic E-state index is 0.674. The molecule has 8 aromatic carbocycles. The predicted molar refractivity (Wildman–Crippen MR) is 192 cm³/mol. The Bertz CT molecular complexity index is 2390. The van der Waals surface area contributed by atoms with Crippen molar-refractivity contribution >= 4 is 21.5 Å². The van der Waals surface area contributed by atoms with E-state index >= 15 is 0 Å². The molecule has 0 aromatic heterocycles. The second-order valence-corrected chi connectivity index (χ2v) is 11.9. The van der Waals surface area contributed by atoms with Crippen molar-refractivity contribution in [3.8, 4) is 72.8 Å². The van der Waals surface area contributed by atoms with Crippen LogP contribution in [-0.2, 0) is 0 Å². The van der Waals surface area contributed by atoms with Crippen LogP contribution >= 0.6 is 0 Å². The third kappa shape index (κ3) is 3.95. The van der Waals surface area contributed by atoms with Gasteiger partial charge in [0.2, 0.25) is 0 Å². The fourth-order valence-corrected chi connectivity index (χ4v) is 7.44. The molecule has 0 atom stereocenters. The summed E-state index contributed by atoms with van der Waals surface area (Å²) >= 11 is 0. The number of hydrogen-bond acceptors (Lipinski definition) is 1. The first-order valence-electron chi connectivity index (χ1n) is 15.7. The summed E-state index contributed by atoms with van der Waals surface area (Å²) in [6.07, 6.45) is 0. The molecule has 0 aliphatic heterocycles. The molecule has 0 N–H and O–H groups in total. The van der Waals surface area contributed by atoms with Crippen molar-refractivity contribution < 1.29 is 0 Å². The maximum Gasteiger partial charge on any atom is 0.0991 e. The lowest BCUT2D eigenvalue weighted by Crippen LogP contribution is -1.93. The van der Waals surface area contributed by atoms with Crippen LogP contribution in [0.1, 0.15) is 5.56 Å². The Hall–Kier alpha value is -6.23. The van der Waals surface area contributed by atoms with Crippen LogP contribution in [0.4, 0.5) is 0 Å². The molecule has 0 unspecified atom stereocenters. The quantitative estimate of drug-likeness (QED) is 0.203. The first-order valence-corrected chi connectivity index (χ1v) is 15.7. The van der Waals surface area contributed by atoms with Gasteiger partial charge in [0.05, 0.1) is 11.6 Å². The average molecular weight is 582 g/mol. The first kappa shape index (κ1) is 26.2. The number of nitrogens with zero attached hydrogens (tertiary/aromatic N) is 1. The van der Waals surface area contributed by atoms with Gasteiger partial charge in [0.15, 0.2) is 0 Å². The van der Waals surface area contributed by atoms with Gasteiger partial charge in [0, 0.05) is 0 Å². The summed E-state index contributed by atoms with van der Waals surface area (Å²) in [7, 11) is 0. The van der Waals surface area contributed by atoms with Gasteiger partial charge < -0.3 is 0 Å². The third-order valence-corrected chi connectivity index (χ3v) is 9.46. The zero-order valence-electron chi connectivity index (χ0n) is 25.0. The molecular weight excluding hydrogens is 555 g/mol. The van der Waals surface area contributed by atoms with E-state index < -0.39 is 0 Å². The highest BCUT2D eigenvalue weighted by molar-refractivity contribution is 6.28. The Kier molecular flexibility index (Phi) is 5.95. The molecule has 46 heavy (non-hydrogen) atoms. The number of nitriles is 1. The van der Waals surface area contributed by atoms with Gasteiger partial charge in [-0.05, 0) is 100 Å². The van der Waals surface area contributed by atoms with Gasteiger partial charge in [0.1, 0.15) is 0 Å². The molecule has 9 rings (SSSR count). The second kappa shape index (κ2) is 10.4. The van der Waals surface area contributed by atoms with Crippen LogP contribution in [0.3, 0.4) is 0 Å². The van der Waals surface area contributed by atoms with Crippen LogP contribution in [0.5, 0.6) is 0 Å². The SMILES string of the molecule is N#Cc1ccc(-c2ccc(-c3ccc4c5c(cccc35)-c3c-4c(-c4ccccc4)c4ccccc4c3-c3ccccc3)cc2)cc1. The Morgan fingerprint density at radius 3 is 1.33 bits per heavy atom. The van der Waals surface area contributed by atoms with Crippen LogP contribution in [0, 0.1) is 11.3 Å². The van der Waals surface area contributed by atoms with E-state index in [1.165, 1.54) is 77.2 Å². The normalized spacial score (nSPS) is 11.5. The van der Waals surface area contributed by atoms with E-state index in [9.17, 15) is 5.26 Å². The van der Waals surface area contributed by atoms with Crippen molar-refractivity contribution in [1.29, 1.82) is 5.26 Å². The lowest BCUT2D eigenvalue weighted by Gasteiger charge is -2.20. The molecular formula is C45H27N. The van der Waals surface area contributed by atoms with Crippen molar-refractivity contribution in [3.63, 3.8) is 0 Å². The Balaban J connectivity index is 1.31. The number of hydrogen-bond donors (Lipinski definition) is 0. The zero-order valence-corrected chi connectivity index (χ0v) is 25.0. The van der Waals surface area contributed by atoms with Crippen molar-refractivity contribution in [2.45, 2.75) is 0 Å². The molecule has 1 aliphatic rings. The van der Waals surface area contributed by atoms with Crippen molar-refractivity contribution in [2.75, 3.05) is 0 Å². The molecule has 0 saturated heterocycles. The maximum atomic E-state index is 9.19. The van der Waals surface area contributed by atoms with E-state index in [1.54, 1.807) is 0 Å². The molecule has 0 fully saturated rings. The van der Waals surface area contributed by atoms with Crippen LogP contribution < -0.4 is 0 Å². The minimum Gasteiger partial charge on any atom is -0.192 e. The first-order chi connectivity index (χ1) is 22.8. The average Bonchev–Trinajstić information content (AvgIpc) is 3.46. The summed E-state index contributed by atoms with van der Waals surface area (Å²) in [4.78, 5) is 0. The monoisotopic (exact) mass is 581 g/mol. The van der Waals surface area contributed by atoms with E-state index in [4.69, 9.17) is 0 Å². The predicted octanol–water partition coefficient (Wildman–Crippen LogP) is 12.2. The van der Waals surface area contributed by atoms with Crippen molar-refractivity contribution in [2.24, 2.45) is 0 Å². The largest absolute Gasteiger partial charge is 0.192 e. The lowest BCUT2D eigenvalue weighted by molar-refractivity contribution is 1.48. The lowest BCUT2D eigenvalue weighted by atomic mass is 9.82. The molecule has 0 bridgehead atoms. The van der Waals surface area contributed by atoms with Crippen molar-refractivity contribution in [1.82, 2.24) is 0 Å². The minimum atomic E-state index is 0.674. The Labute approximate surface area is 268 Å². The van der Waals surface area contributed by atoms with E-state index in [1.807, 2.05) is 24.3 Å². The number of fused-ring (bicyclic) bond motifs is 4. The van der Waals surface area contributed by atoms with Gasteiger partial charge in [-0.15, -0.1) is 0 Å². The highest BCUT2D eigenvalue weighted by Crippen LogP contribution is 2.58. The zero-order chi connectivity index (χ0) is 30.6. The topological polar surface area (TPSA) is 23.8 Å². The summed E-state index contributed by atoms with van der Waals surface area (Å²) in [5.74, 6) is 0. The van der Waals surface area contributed by atoms with Crippen LogP contribution in [-0.4, -0.2) is 0 Å². The maximum absolute atomic E-state index is 9.19. The van der Waals surface area contributed by atoms with Gasteiger partial charge in [0.25, 0.3) is 0 Å².